The lowest BCUT2D eigenvalue weighted by molar-refractivity contribution is 0.612. The van der Waals surface area contributed by atoms with E-state index in [0.717, 1.165) is 10.9 Å². The Kier molecular flexibility index (Phi) is 3.06. The molecule has 0 aliphatic rings. The van der Waals surface area contributed by atoms with Gasteiger partial charge in [0, 0.05) is 23.7 Å². The highest BCUT2D eigenvalue weighted by Crippen LogP contribution is 2.13. The van der Waals surface area contributed by atoms with Crippen molar-refractivity contribution in [3.05, 3.63) is 66.1 Å². The predicted octanol–water partition coefficient (Wildman–Crippen LogP) is 3.38. The van der Waals surface area contributed by atoms with E-state index in [-0.39, 0.29) is 5.82 Å². The van der Waals surface area contributed by atoms with E-state index < -0.39 is 0 Å². The van der Waals surface area contributed by atoms with Crippen molar-refractivity contribution in [3.63, 3.8) is 0 Å². The molecule has 0 bridgehead atoms. The van der Waals surface area contributed by atoms with Crippen LogP contribution in [0, 0.1) is 5.82 Å². The molecular weight excluding hydrogens is 241 g/mol. The maximum absolute atomic E-state index is 13.5. The smallest absolute Gasteiger partial charge is 0.223 e. The summed E-state index contributed by atoms with van der Waals surface area (Å²) in [7, 11) is 0. The molecule has 3 nitrogen and oxygen atoms in total. The summed E-state index contributed by atoms with van der Waals surface area (Å²) in [5.74, 6) is 0.276. The van der Waals surface area contributed by atoms with Gasteiger partial charge in [-0.3, -0.25) is 0 Å². The summed E-state index contributed by atoms with van der Waals surface area (Å²) < 4.78 is 13.5. The molecule has 4 heteroatoms. The van der Waals surface area contributed by atoms with E-state index in [1.165, 1.54) is 6.07 Å². The summed E-state index contributed by atoms with van der Waals surface area (Å²) in [6.07, 6.45) is 1.76. The highest BCUT2D eigenvalue weighted by atomic mass is 19.1. The van der Waals surface area contributed by atoms with Crippen LogP contribution in [-0.2, 0) is 6.54 Å². The lowest BCUT2D eigenvalue weighted by Crippen LogP contribution is -2.04. The second kappa shape index (κ2) is 5.02. The zero-order valence-corrected chi connectivity index (χ0v) is 10.2. The van der Waals surface area contributed by atoms with Crippen LogP contribution in [0.2, 0.25) is 0 Å². The van der Waals surface area contributed by atoms with Gasteiger partial charge < -0.3 is 5.32 Å². The van der Waals surface area contributed by atoms with Crippen molar-refractivity contribution >= 4 is 16.9 Å². The quantitative estimate of drug-likeness (QED) is 0.777. The Labute approximate surface area is 110 Å². The van der Waals surface area contributed by atoms with E-state index >= 15 is 0 Å². The van der Waals surface area contributed by atoms with Crippen molar-refractivity contribution in [2.24, 2.45) is 0 Å². The second-order valence-electron chi connectivity index (χ2n) is 4.20. The molecule has 0 radical (unpaired) electrons. The molecule has 94 valence electrons. The Balaban J connectivity index is 1.80. The van der Waals surface area contributed by atoms with Crippen LogP contribution in [0.4, 0.5) is 10.3 Å². The van der Waals surface area contributed by atoms with Crippen molar-refractivity contribution in [2.45, 2.75) is 6.54 Å². The zero-order valence-electron chi connectivity index (χ0n) is 10.2. The van der Waals surface area contributed by atoms with Gasteiger partial charge in [0.05, 0.1) is 5.52 Å². The number of nitrogens with one attached hydrogen (secondary N) is 1. The molecule has 3 rings (SSSR count). The van der Waals surface area contributed by atoms with E-state index in [1.807, 2.05) is 24.3 Å². The minimum absolute atomic E-state index is 0.226. The topological polar surface area (TPSA) is 37.8 Å². The number of hydrogen-bond acceptors (Lipinski definition) is 3. The molecule has 19 heavy (non-hydrogen) atoms. The molecular formula is C15H12FN3. The first kappa shape index (κ1) is 11.6. The van der Waals surface area contributed by atoms with E-state index in [2.05, 4.69) is 15.3 Å². The summed E-state index contributed by atoms with van der Waals surface area (Å²) in [6, 6.07) is 14.4. The number of halogens is 1. The number of anilines is 1. The van der Waals surface area contributed by atoms with Gasteiger partial charge in [0.2, 0.25) is 5.95 Å². The first-order valence-corrected chi connectivity index (χ1v) is 6.02. The van der Waals surface area contributed by atoms with Crippen LogP contribution in [0.25, 0.3) is 10.9 Å². The normalized spacial score (nSPS) is 10.6. The van der Waals surface area contributed by atoms with Crippen molar-refractivity contribution in [1.82, 2.24) is 9.97 Å². The van der Waals surface area contributed by atoms with E-state index in [4.69, 9.17) is 0 Å². The third-order valence-electron chi connectivity index (χ3n) is 2.88. The highest BCUT2D eigenvalue weighted by Gasteiger charge is 2.02. The van der Waals surface area contributed by atoms with Gasteiger partial charge in [-0.05, 0) is 12.1 Å². The molecule has 0 fully saturated rings. The van der Waals surface area contributed by atoms with Gasteiger partial charge in [-0.15, -0.1) is 0 Å². The average molecular weight is 253 g/mol. The Morgan fingerprint density at radius 3 is 2.68 bits per heavy atom. The van der Waals surface area contributed by atoms with Gasteiger partial charge in [-0.2, -0.15) is 0 Å². The van der Waals surface area contributed by atoms with Crippen LogP contribution in [-0.4, -0.2) is 9.97 Å². The van der Waals surface area contributed by atoms with E-state index in [9.17, 15) is 4.39 Å². The molecule has 0 unspecified atom stereocenters. The predicted molar refractivity (Wildman–Crippen MR) is 73.3 cm³/mol. The van der Waals surface area contributed by atoms with E-state index in [0.29, 0.717) is 18.1 Å². The minimum atomic E-state index is -0.226. The largest absolute Gasteiger partial charge is 0.350 e. The molecule has 2 aromatic carbocycles. The maximum Gasteiger partial charge on any atom is 0.223 e. The number of nitrogens with zero attached hydrogens (tertiary/aromatic N) is 2. The Bertz CT molecular complexity index is 712. The third-order valence-corrected chi connectivity index (χ3v) is 2.88. The Morgan fingerprint density at radius 1 is 1.00 bits per heavy atom. The van der Waals surface area contributed by atoms with Crippen LogP contribution in [0.1, 0.15) is 5.56 Å². The number of aromatic nitrogens is 2. The monoisotopic (exact) mass is 253 g/mol. The fourth-order valence-electron chi connectivity index (χ4n) is 1.87. The number of para-hydroxylation sites is 1. The summed E-state index contributed by atoms with van der Waals surface area (Å²) in [5.41, 5.74) is 1.47. The molecule has 0 saturated heterocycles. The summed E-state index contributed by atoms with van der Waals surface area (Å²) in [6.45, 7) is 0.366. The third kappa shape index (κ3) is 2.52. The van der Waals surface area contributed by atoms with Crippen LogP contribution in [0.3, 0.4) is 0 Å². The van der Waals surface area contributed by atoms with Crippen molar-refractivity contribution in [3.8, 4) is 0 Å². The van der Waals surface area contributed by atoms with Crippen molar-refractivity contribution in [2.75, 3.05) is 5.32 Å². The Morgan fingerprint density at radius 2 is 1.79 bits per heavy atom. The summed E-state index contributed by atoms with van der Waals surface area (Å²) in [5, 5.41) is 4.02. The summed E-state index contributed by atoms with van der Waals surface area (Å²) >= 11 is 0. The maximum atomic E-state index is 13.5. The molecule has 1 aromatic heterocycles. The number of fused-ring (bicyclic) bond motifs is 1. The average Bonchev–Trinajstić information content (AvgIpc) is 2.46. The molecule has 0 amide bonds. The SMILES string of the molecule is Fc1ccccc1CNc1ncc2ccccc2n1. The van der Waals surface area contributed by atoms with Gasteiger partial charge in [0.15, 0.2) is 0 Å². The molecule has 1 heterocycles. The van der Waals surface area contributed by atoms with Gasteiger partial charge in [0.1, 0.15) is 5.82 Å². The van der Waals surface area contributed by atoms with Crippen LogP contribution >= 0.6 is 0 Å². The van der Waals surface area contributed by atoms with Crippen LogP contribution in [0.5, 0.6) is 0 Å². The van der Waals surface area contributed by atoms with Gasteiger partial charge in [-0.25, -0.2) is 14.4 Å². The first-order valence-electron chi connectivity index (χ1n) is 6.02. The van der Waals surface area contributed by atoms with Gasteiger partial charge >= 0.3 is 0 Å². The number of rotatable bonds is 3. The lowest BCUT2D eigenvalue weighted by atomic mass is 10.2. The van der Waals surface area contributed by atoms with Gasteiger partial charge in [0.25, 0.3) is 0 Å². The minimum Gasteiger partial charge on any atom is -0.350 e. The fraction of sp³-hybridized carbons (Fsp3) is 0.0667. The number of hydrogen-bond donors (Lipinski definition) is 1. The van der Waals surface area contributed by atoms with Crippen LogP contribution < -0.4 is 5.32 Å². The second-order valence-corrected chi connectivity index (χ2v) is 4.20. The molecule has 1 N–H and O–H groups in total. The number of benzene rings is 2. The van der Waals surface area contributed by atoms with Crippen molar-refractivity contribution < 1.29 is 4.39 Å². The standard InChI is InChI=1S/C15H12FN3/c16-13-7-3-1-5-11(13)9-17-15-18-10-12-6-2-4-8-14(12)19-15/h1-8,10H,9H2,(H,17,18,19). The lowest BCUT2D eigenvalue weighted by Gasteiger charge is -2.06. The molecule has 0 spiro atoms. The molecule has 0 aliphatic carbocycles. The highest BCUT2D eigenvalue weighted by molar-refractivity contribution is 5.78. The van der Waals surface area contributed by atoms with Gasteiger partial charge in [-0.1, -0.05) is 36.4 Å². The molecule has 3 aromatic rings. The molecule has 0 saturated carbocycles. The molecule has 0 atom stereocenters. The fourth-order valence-corrected chi connectivity index (χ4v) is 1.87. The summed E-state index contributed by atoms with van der Waals surface area (Å²) in [4.78, 5) is 8.58. The first-order chi connectivity index (χ1) is 9.33. The van der Waals surface area contributed by atoms with Crippen LogP contribution in [0.15, 0.2) is 54.7 Å². The molecule has 0 aliphatic heterocycles. The Hall–Kier alpha value is -2.49. The van der Waals surface area contributed by atoms with E-state index in [1.54, 1.807) is 24.4 Å². The zero-order chi connectivity index (χ0) is 13.1. The van der Waals surface area contributed by atoms with Crippen molar-refractivity contribution in [1.29, 1.82) is 0 Å².